The maximum absolute atomic E-state index is 13.7. The summed E-state index contributed by atoms with van der Waals surface area (Å²) in [4.78, 5) is 33.6. The lowest BCUT2D eigenvalue weighted by Gasteiger charge is -2.21. The smallest absolute Gasteiger partial charge is 0.302 e. The molecule has 1 aromatic carbocycles. The van der Waals surface area contributed by atoms with Gasteiger partial charge in [-0.15, -0.1) is 0 Å². The Morgan fingerprint density at radius 3 is 2.27 bits per heavy atom. The van der Waals surface area contributed by atoms with E-state index in [1.165, 1.54) is 39.4 Å². The predicted molar refractivity (Wildman–Crippen MR) is 156 cm³/mol. The van der Waals surface area contributed by atoms with Crippen LogP contribution in [0.4, 0.5) is 13.2 Å². The van der Waals surface area contributed by atoms with Gasteiger partial charge in [0.15, 0.2) is 11.6 Å². The van der Waals surface area contributed by atoms with Gasteiger partial charge in [0.1, 0.15) is 11.9 Å². The Morgan fingerprint density at radius 1 is 1.15 bits per heavy atom. The minimum absolute atomic E-state index is 0.0416. The van der Waals surface area contributed by atoms with Crippen LogP contribution in [0.15, 0.2) is 30.4 Å². The average molecular weight is 587 g/mol. The van der Waals surface area contributed by atoms with Gasteiger partial charge in [0.2, 0.25) is 11.8 Å². The van der Waals surface area contributed by atoms with Crippen molar-refractivity contribution in [2.24, 2.45) is 11.7 Å². The standard InChI is InChI=1S/C14H14F3NO.C12H23NO2.C3H6O2.C2H6/c1-9-10(14(17)12(16)7-11(9)15)8-18-6-4-2-3-5-13(18)19;1-4-10(2)8-6-5-7-9-11(15-3)12(13)14;1-3(4)5-2;1-2/h2,4,7H,3,5-6,8H2,1H3;6,8,10-11H,4-5,7,9H2,1-3H3,(H2,13,14);1-2H3;1-2H3/b;8-6+;;. The maximum Gasteiger partial charge on any atom is 0.302 e. The van der Waals surface area contributed by atoms with Crippen LogP contribution in [0.3, 0.4) is 0 Å². The fraction of sp³-hybridized carbons (Fsp3) is 0.581. The minimum atomic E-state index is -1.23. The third kappa shape index (κ3) is 17.3. The normalized spacial score (nSPS) is 13.9. The molecule has 0 saturated carbocycles. The van der Waals surface area contributed by atoms with Gasteiger partial charge >= 0.3 is 5.97 Å². The molecule has 1 aliphatic heterocycles. The first-order valence-corrected chi connectivity index (χ1v) is 14.0. The summed E-state index contributed by atoms with van der Waals surface area (Å²) in [6, 6.07) is 0.526. The van der Waals surface area contributed by atoms with Gasteiger partial charge in [-0.2, -0.15) is 0 Å². The third-order valence-corrected chi connectivity index (χ3v) is 6.09. The molecule has 234 valence electrons. The lowest BCUT2D eigenvalue weighted by molar-refractivity contribution is -0.138. The first-order valence-electron chi connectivity index (χ1n) is 14.0. The van der Waals surface area contributed by atoms with Crippen LogP contribution < -0.4 is 5.73 Å². The Labute approximate surface area is 243 Å². The van der Waals surface area contributed by atoms with Crippen LogP contribution in [0.2, 0.25) is 0 Å². The molecule has 2 N–H and O–H groups in total. The molecular formula is C31H49F3N2O5. The number of allylic oxidation sites excluding steroid dienone is 3. The molecule has 2 atom stereocenters. The van der Waals surface area contributed by atoms with Crippen molar-refractivity contribution < 1.29 is 37.0 Å². The van der Waals surface area contributed by atoms with Gasteiger partial charge < -0.3 is 20.1 Å². The highest BCUT2D eigenvalue weighted by Crippen LogP contribution is 2.22. The second kappa shape index (κ2) is 23.6. The second-order valence-corrected chi connectivity index (χ2v) is 9.11. The molecule has 0 saturated heterocycles. The molecule has 2 rings (SSSR count). The Morgan fingerprint density at radius 2 is 1.76 bits per heavy atom. The van der Waals surface area contributed by atoms with Crippen molar-refractivity contribution in [2.75, 3.05) is 20.8 Å². The summed E-state index contributed by atoms with van der Waals surface area (Å²) in [5, 5.41) is 0. The van der Waals surface area contributed by atoms with Crippen molar-refractivity contribution in [3.8, 4) is 0 Å². The van der Waals surface area contributed by atoms with Gasteiger partial charge in [-0.3, -0.25) is 14.4 Å². The van der Waals surface area contributed by atoms with Gasteiger partial charge in [-0.1, -0.05) is 58.4 Å². The maximum atomic E-state index is 13.7. The number of carbonyl (C=O) groups excluding carboxylic acids is 3. The zero-order valence-corrected chi connectivity index (χ0v) is 25.9. The fourth-order valence-corrected chi connectivity index (χ4v) is 3.32. The van der Waals surface area contributed by atoms with E-state index >= 15 is 0 Å². The highest BCUT2D eigenvalue weighted by molar-refractivity contribution is 5.78. The molecule has 0 spiro atoms. The van der Waals surface area contributed by atoms with Crippen molar-refractivity contribution >= 4 is 17.8 Å². The Bertz CT molecular complexity index is 957. The number of primary amides is 1. The molecule has 2 amide bonds. The zero-order valence-electron chi connectivity index (χ0n) is 25.9. The van der Waals surface area contributed by atoms with Crippen LogP contribution in [-0.4, -0.2) is 49.6 Å². The summed E-state index contributed by atoms with van der Waals surface area (Å²) in [7, 11) is 2.87. The van der Waals surface area contributed by atoms with Crippen LogP contribution in [0.1, 0.15) is 84.3 Å². The zero-order chi connectivity index (χ0) is 32.0. The topological polar surface area (TPSA) is 98.9 Å². The predicted octanol–water partition coefficient (Wildman–Crippen LogP) is 6.56. The van der Waals surface area contributed by atoms with Crippen LogP contribution in [0.5, 0.6) is 0 Å². The summed E-state index contributed by atoms with van der Waals surface area (Å²) in [6.07, 6.45) is 12.4. The lowest BCUT2D eigenvalue weighted by atomic mass is 10.1. The summed E-state index contributed by atoms with van der Waals surface area (Å²) in [5.41, 5.74) is 5.10. The van der Waals surface area contributed by atoms with Crippen molar-refractivity contribution in [3.63, 3.8) is 0 Å². The number of amides is 2. The first-order chi connectivity index (χ1) is 19.4. The molecule has 0 fully saturated rings. The number of benzene rings is 1. The molecule has 0 aromatic heterocycles. The molecule has 0 radical (unpaired) electrons. The van der Waals surface area contributed by atoms with E-state index in [9.17, 15) is 27.6 Å². The molecule has 1 heterocycles. The molecule has 1 aromatic rings. The molecule has 0 aliphatic carbocycles. The molecule has 7 nitrogen and oxygen atoms in total. The number of hydrogen-bond donors (Lipinski definition) is 1. The van der Waals surface area contributed by atoms with Crippen molar-refractivity contribution in [1.82, 2.24) is 4.90 Å². The highest BCUT2D eigenvalue weighted by Gasteiger charge is 2.21. The van der Waals surface area contributed by atoms with Crippen LogP contribution in [-0.2, 0) is 30.4 Å². The van der Waals surface area contributed by atoms with E-state index in [-0.39, 0.29) is 35.5 Å². The largest absolute Gasteiger partial charge is 0.469 e. The molecule has 10 heteroatoms. The van der Waals surface area contributed by atoms with Crippen molar-refractivity contribution in [3.05, 3.63) is 58.9 Å². The number of carbonyl (C=O) groups is 3. The molecule has 1 aliphatic rings. The number of methoxy groups -OCH3 is 2. The van der Waals surface area contributed by atoms with Crippen LogP contribution >= 0.6 is 0 Å². The summed E-state index contributed by atoms with van der Waals surface area (Å²) >= 11 is 0. The number of unbranched alkanes of at least 4 members (excludes halogenated alkanes) is 1. The van der Waals surface area contributed by atoms with E-state index in [0.29, 0.717) is 37.8 Å². The van der Waals surface area contributed by atoms with Gasteiger partial charge in [-0.25, -0.2) is 13.2 Å². The van der Waals surface area contributed by atoms with Crippen molar-refractivity contribution in [2.45, 2.75) is 92.7 Å². The molecule has 2 unspecified atom stereocenters. The third-order valence-electron chi connectivity index (χ3n) is 6.09. The summed E-state index contributed by atoms with van der Waals surface area (Å²) in [5.74, 6) is -3.23. The Balaban J connectivity index is 0. The van der Waals surface area contributed by atoms with E-state index in [4.69, 9.17) is 10.5 Å². The lowest BCUT2D eigenvalue weighted by Crippen LogP contribution is -2.30. The number of esters is 1. The van der Waals surface area contributed by atoms with E-state index in [1.807, 2.05) is 19.9 Å². The van der Waals surface area contributed by atoms with Gasteiger partial charge in [0.05, 0.1) is 7.11 Å². The quantitative estimate of drug-likeness (QED) is 0.145. The van der Waals surface area contributed by atoms with Crippen molar-refractivity contribution in [1.29, 1.82) is 0 Å². The number of hydrogen-bond acceptors (Lipinski definition) is 5. The number of ether oxygens (including phenoxy) is 2. The summed E-state index contributed by atoms with van der Waals surface area (Å²) in [6.45, 7) is 11.3. The molecular weight excluding hydrogens is 537 g/mol. The fourth-order valence-electron chi connectivity index (χ4n) is 3.32. The first kappa shape index (κ1) is 40.0. The van der Waals surface area contributed by atoms with Gasteiger partial charge in [0, 0.05) is 45.2 Å². The van der Waals surface area contributed by atoms with E-state index in [2.05, 4.69) is 30.7 Å². The highest BCUT2D eigenvalue weighted by atomic mass is 19.2. The number of nitrogens with two attached hydrogens (primary N) is 1. The molecule has 41 heavy (non-hydrogen) atoms. The number of halogens is 3. The van der Waals surface area contributed by atoms with E-state index < -0.39 is 23.6 Å². The van der Waals surface area contributed by atoms with E-state index in [0.717, 1.165) is 12.8 Å². The van der Waals surface area contributed by atoms with Crippen LogP contribution in [0.25, 0.3) is 0 Å². The number of nitrogens with zero attached hydrogens (tertiary/aromatic N) is 1. The Kier molecular flexibility index (Phi) is 23.0. The Hall–Kier alpha value is -3.14. The van der Waals surface area contributed by atoms with Crippen LogP contribution in [0, 0.1) is 30.3 Å². The monoisotopic (exact) mass is 586 g/mol. The minimum Gasteiger partial charge on any atom is -0.469 e. The van der Waals surface area contributed by atoms with E-state index in [1.54, 1.807) is 6.08 Å². The average Bonchev–Trinajstić information content (AvgIpc) is 3.16. The van der Waals surface area contributed by atoms with Gasteiger partial charge in [0.25, 0.3) is 0 Å². The SMILES string of the molecule is CC.CCC(C)/C=C/CCCC(OC)C(N)=O.COC(C)=O.Cc1c(F)cc(F)c(F)c1CN1CC=CCCC1=O. The van der Waals surface area contributed by atoms with Gasteiger partial charge in [-0.05, 0) is 44.1 Å². The summed E-state index contributed by atoms with van der Waals surface area (Å²) < 4.78 is 49.4. The molecule has 0 bridgehead atoms. The number of rotatable bonds is 10. The second-order valence-electron chi connectivity index (χ2n) is 9.11.